The summed E-state index contributed by atoms with van der Waals surface area (Å²) in [4.78, 5) is 16.8. The summed E-state index contributed by atoms with van der Waals surface area (Å²) in [6, 6.07) is 0. The van der Waals surface area contributed by atoms with Crippen LogP contribution in [0.2, 0.25) is 0 Å². The van der Waals surface area contributed by atoms with Gasteiger partial charge in [0.15, 0.2) is 17.3 Å². The van der Waals surface area contributed by atoms with Crippen LogP contribution in [0.1, 0.15) is 0 Å². The van der Waals surface area contributed by atoms with E-state index in [2.05, 4.69) is 20.1 Å². The van der Waals surface area contributed by atoms with Crippen LogP contribution in [0.4, 0.5) is 17.6 Å². The minimum absolute atomic E-state index is 0.383. The monoisotopic (exact) mass is 262 g/mol. The lowest BCUT2D eigenvalue weighted by atomic mass is 10.3. The molecular weight excluding hydrogens is 244 g/mol. The molecule has 8 nitrogen and oxygen atoms in total. The molecule has 0 aliphatic rings. The normalized spacial score (nSPS) is 11.4. The summed E-state index contributed by atoms with van der Waals surface area (Å²) < 4.78 is 1.63. The minimum atomic E-state index is 0.383. The van der Waals surface area contributed by atoms with Gasteiger partial charge in [-0.25, -0.2) is 9.67 Å². The zero-order valence-electron chi connectivity index (χ0n) is 11.8. The zero-order chi connectivity index (χ0) is 14.2. The van der Waals surface area contributed by atoms with Crippen molar-refractivity contribution in [2.45, 2.75) is 0 Å². The highest BCUT2D eigenvalue weighted by Crippen LogP contribution is 2.29. The number of nitrogen functional groups attached to an aromatic ring is 1. The first-order chi connectivity index (χ1) is 8.90. The Bertz CT molecular complexity index is 625. The molecule has 0 aromatic carbocycles. The van der Waals surface area contributed by atoms with Crippen molar-refractivity contribution in [3.05, 3.63) is 0 Å². The maximum atomic E-state index is 5.90. The number of aromatic nitrogens is 4. The van der Waals surface area contributed by atoms with Crippen molar-refractivity contribution in [1.29, 1.82) is 0 Å². The molecule has 2 rings (SSSR count). The Balaban J connectivity index is 2.71. The molecule has 0 spiro atoms. The Labute approximate surface area is 111 Å². The molecule has 2 aromatic heterocycles. The van der Waals surface area contributed by atoms with Gasteiger partial charge in [0.2, 0.25) is 5.95 Å². The van der Waals surface area contributed by atoms with Crippen LogP contribution >= 0.6 is 0 Å². The molecule has 102 valence electrons. The standard InChI is InChI=1S/C11H18N8/c1-17(2)6-13-9-7-8(12)16-19(5)10(7)15-11(14-9)18(3)4/h6H,1-5H3,(H2,12,16)/b13-6+. The number of aliphatic imine (C=N–C) groups is 1. The third kappa shape index (κ3) is 2.42. The predicted molar refractivity (Wildman–Crippen MR) is 76.9 cm³/mol. The number of anilines is 2. The Hall–Kier alpha value is -2.38. The van der Waals surface area contributed by atoms with Gasteiger partial charge in [-0.2, -0.15) is 15.1 Å². The fourth-order valence-corrected chi connectivity index (χ4v) is 1.61. The molecule has 2 heterocycles. The van der Waals surface area contributed by atoms with Gasteiger partial charge in [0.25, 0.3) is 0 Å². The van der Waals surface area contributed by atoms with Gasteiger partial charge in [-0.3, -0.25) is 0 Å². The molecule has 0 aliphatic carbocycles. The highest BCUT2D eigenvalue weighted by atomic mass is 15.3. The van der Waals surface area contributed by atoms with Gasteiger partial charge in [0, 0.05) is 35.2 Å². The summed E-state index contributed by atoms with van der Waals surface area (Å²) in [5, 5.41) is 4.84. The van der Waals surface area contributed by atoms with Crippen LogP contribution in [0.3, 0.4) is 0 Å². The largest absolute Gasteiger partial charge is 0.382 e. The zero-order valence-corrected chi connectivity index (χ0v) is 11.8. The average Bonchev–Trinajstić information content (AvgIpc) is 2.62. The highest BCUT2D eigenvalue weighted by molar-refractivity contribution is 5.96. The van der Waals surface area contributed by atoms with Crippen LogP contribution in [0, 0.1) is 0 Å². The van der Waals surface area contributed by atoms with E-state index in [9.17, 15) is 0 Å². The maximum Gasteiger partial charge on any atom is 0.228 e. The van der Waals surface area contributed by atoms with Gasteiger partial charge in [-0.05, 0) is 0 Å². The van der Waals surface area contributed by atoms with Crippen molar-refractivity contribution >= 4 is 35.0 Å². The molecule has 0 fully saturated rings. The van der Waals surface area contributed by atoms with Gasteiger partial charge < -0.3 is 15.5 Å². The molecule has 0 saturated carbocycles. The summed E-state index contributed by atoms with van der Waals surface area (Å²) in [5.74, 6) is 1.48. The Morgan fingerprint density at radius 2 is 1.89 bits per heavy atom. The van der Waals surface area contributed by atoms with E-state index in [1.54, 1.807) is 18.1 Å². The topological polar surface area (TPSA) is 88.5 Å². The summed E-state index contributed by atoms with van der Waals surface area (Å²) >= 11 is 0. The lowest BCUT2D eigenvalue weighted by Gasteiger charge is -2.11. The number of hydrogen-bond donors (Lipinski definition) is 1. The molecule has 0 bridgehead atoms. The number of hydrogen-bond acceptors (Lipinski definition) is 6. The Kier molecular flexibility index (Phi) is 3.24. The van der Waals surface area contributed by atoms with Gasteiger partial charge in [-0.15, -0.1) is 0 Å². The van der Waals surface area contributed by atoms with E-state index in [1.807, 2.05) is 38.0 Å². The minimum Gasteiger partial charge on any atom is -0.382 e. The molecule has 19 heavy (non-hydrogen) atoms. The second-order valence-corrected chi connectivity index (χ2v) is 4.66. The second-order valence-electron chi connectivity index (χ2n) is 4.66. The molecule has 0 unspecified atom stereocenters. The first-order valence-corrected chi connectivity index (χ1v) is 5.78. The van der Waals surface area contributed by atoms with Gasteiger partial charge in [0.1, 0.15) is 5.39 Å². The Morgan fingerprint density at radius 3 is 2.47 bits per heavy atom. The van der Waals surface area contributed by atoms with E-state index in [-0.39, 0.29) is 0 Å². The molecule has 8 heteroatoms. The third-order valence-electron chi connectivity index (χ3n) is 2.49. The van der Waals surface area contributed by atoms with E-state index in [0.29, 0.717) is 28.6 Å². The van der Waals surface area contributed by atoms with E-state index in [4.69, 9.17) is 5.73 Å². The molecule has 0 radical (unpaired) electrons. The summed E-state index contributed by atoms with van der Waals surface area (Å²) in [5.41, 5.74) is 6.57. The van der Waals surface area contributed by atoms with E-state index in [1.165, 1.54) is 0 Å². The van der Waals surface area contributed by atoms with E-state index in [0.717, 1.165) is 0 Å². The molecule has 0 atom stereocenters. The predicted octanol–water partition coefficient (Wildman–Crippen LogP) is 0.233. The van der Waals surface area contributed by atoms with Gasteiger partial charge >= 0.3 is 0 Å². The van der Waals surface area contributed by atoms with Crippen LogP contribution < -0.4 is 10.6 Å². The lowest BCUT2D eigenvalue weighted by Crippen LogP contribution is -2.13. The SMILES string of the molecule is CN(C)/C=N/c1nc(N(C)C)nc2c1c(N)nn2C. The molecule has 0 saturated heterocycles. The lowest BCUT2D eigenvalue weighted by molar-refractivity contribution is 0.643. The number of fused-ring (bicyclic) bond motifs is 1. The van der Waals surface area contributed by atoms with Crippen molar-refractivity contribution < 1.29 is 0 Å². The van der Waals surface area contributed by atoms with E-state index >= 15 is 0 Å². The average molecular weight is 262 g/mol. The van der Waals surface area contributed by atoms with E-state index < -0.39 is 0 Å². The summed E-state index contributed by atoms with van der Waals surface area (Å²) in [6.07, 6.45) is 1.67. The Morgan fingerprint density at radius 1 is 1.21 bits per heavy atom. The van der Waals surface area contributed by atoms with Crippen LogP contribution in [-0.2, 0) is 7.05 Å². The molecular formula is C11H18N8. The number of rotatable bonds is 3. The third-order valence-corrected chi connectivity index (χ3v) is 2.49. The van der Waals surface area contributed by atoms with Crippen LogP contribution in [0.25, 0.3) is 11.0 Å². The van der Waals surface area contributed by atoms with Crippen molar-refractivity contribution in [3.63, 3.8) is 0 Å². The summed E-state index contributed by atoms with van der Waals surface area (Å²) in [6.45, 7) is 0. The first-order valence-electron chi connectivity index (χ1n) is 5.78. The quantitative estimate of drug-likeness (QED) is 0.629. The van der Waals surface area contributed by atoms with Crippen LogP contribution in [-0.4, -0.2) is 59.2 Å². The summed E-state index contributed by atoms with van der Waals surface area (Å²) in [7, 11) is 9.33. The van der Waals surface area contributed by atoms with Crippen molar-refractivity contribution in [3.8, 4) is 0 Å². The van der Waals surface area contributed by atoms with Crippen molar-refractivity contribution in [1.82, 2.24) is 24.6 Å². The second kappa shape index (κ2) is 4.71. The molecule has 2 N–H and O–H groups in total. The first kappa shape index (κ1) is 13.1. The van der Waals surface area contributed by atoms with Crippen molar-refractivity contribution in [2.24, 2.45) is 12.0 Å². The van der Waals surface area contributed by atoms with Gasteiger partial charge in [-0.1, -0.05) is 0 Å². The van der Waals surface area contributed by atoms with Crippen molar-refractivity contribution in [2.75, 3.05) is 38.8 Å². The fourth-order valence-electron chi connectivity index (χ4n) is 1.61. The highest BCUT2D eigenvalue weighted by Gasteiger charge is 2.15. The number of aryl methyl sites for hydroxylation is 1. The molecule has 2 aromatic rings. The number of nitrogens with zero attached hydrogens (tertiary/aromatic N) is 7. The van der Waals surface area contributed by atoms with Crippen LogP contribution in [0.5, 0.6) is 0 Å². The molecule has 0 amide bonds. The molecule has 0 aliphatic heterocycles. The number of nitrogens with two attached hydrogens (primary N) is 1. The maximum absolute atomic E-state index is 5.90. The fraction of sp³-hybridized carbons (Fsp3) is 0.455. The van der Waals surface area contributed by atoms with Gasteiger partial charge in [0.05, 0.1) is 6.34 Å². The van der Waals surface area contributed by atoms with Crippen LogP contribution in [0.15, 0.2) is 4.99 Å². The smallest absolute Gasteiger partial charge is 0.228 e.